The van der Waals surface area contributed by atoms with Crippen LogP contribution in [0.3, 0.4) is 0 Å². The van der Waals surface area contributed by atoms with Crippen molar-refractivity contribution in [2.24, 2.45) is 0 Å². The summed E-state index contributed by atoms with van der Waals surface area (Å²) in [6, 6.07) is 0. The molecule has 0 unspecified atom stereocenters. The SMILES string of the molecule is CC(C)c1cnc(Cl)nc1.CC1(NC(=O)O)CCC(O)CC1. The highest BCUT2D eigenvalue weighted by Crippen LogP contribution is 2.27. The summed E-state index contributed by atoms with van der Waals surface area (Å²) in [5.74, 6) is 0.470. The van der Waals surface area contributed by atoms with Gasteiger partial charge in [0.25, 0.3) is 0 Å². The van der Waals surface area contributed by atoms with Gasteiger partial charge in [-0.15, -0.1) is 0 Å². The van der Waals surface area contributed by atoms with Crippen LogP contribution in [0, 0.1) is 0 Å². The summed E-state index contributed by atoms with van der Waals surface area (Å²) in [6.45, 7) is 6.06. The largest absolute Gasteiger partial charge is 0.465 e. The van der Waals surface area contributed by atoms with E-state index in [1.54, 1.807) is 12.4 Å². The molecule has 0 spiro atoms. The predicted octanol–water partition coefficient (Wildman–Crippen LogP) is 3.20. The molecule has 1 fully saturated rings. The zero-order chi connectivity index (χ0) is 16.8. The van der Waals surface area contributed by atoms with Crippen LogP contribution >= 0.6 is 11.6 Å². The third-order valence-electron chi connectivity index (χ3n) is 3.77. The molecule has 7 heteroatoms. The van der Waals surface area contributed by atoms with Crippen molar-refractivity contribution in [3.8, 4) is 0 Å². The van der Waals surface area contributed by atoms with Crippen molar-refractivity contribution in [3.63, 3.8) is 0 Å². The number of carboxylic acid groups (broad SMARTS) is 1. The normalized spacial score (nSPS) is 24.4. The highest BCUT2D eigenvalue weighted by Gasteiger charge is 2.31. The maximum absolute atomic E-state index is 10.4. The number of aliphatic hydroxyl groups excluding tert-OH is 1. The summed E-state index contributed by atoms with van der Waals surface area (Å²) in [5.41, 5.74) is 0.787. The molecule has 124 valence electrons. The number of nitrogens with zero attached hydrogens (tertiary/aromatic N) is 2. The molecule has 3 N–H and O–H groups in total. The van der Waals surface area contributed by atoms with Gasteiger partial charge in [-0.1, -0.05) is 13.8 Å². The number of hydrogen-bond donors (Lipinski definition) is 3. The Morgan fingerprint density at radius 1 is 1.36 bits per heavy atom. The van der Waals surface area contributed by atoms with Crippen molar-refractivity contribution in [3.05, 3.63) is 23.2 Å². The lowest BCUT2D eigenvalue weighted by molar-refractivity contribution is 0.0875. The minimum atomic E-state index is -0.978. The fourth-order valence-electron chi connectivity index (χ4n) is 2.24. The van der Waals surface area contributed by atoms with E-state index in [9.17, 15) is 9.90 Å². The zero-order valence-corrected chi connectivity index (χ0v) is 14.0. The lowest BCUT2D eigenvalue weighted by atomic mass is 9.82. The van der Waals surface area contributed by atoms with Gasteiger partial charge < -0.3 is 15.5 Å². The van der Waals surface area contributed by atoms with Crippen molar-refractivity contribution >= 4 is 17.7 Å². The first kappa shape index (κ1) is 18.6. The molecule has 0 atom stereocenters. The minimum absolute atomic E-state index is 0.242. The Labute approximate surface area is 135 Å². The van der Waals surface area contributed by atoms with Crippen LogP contribution in [0.15, 0.2) is 12.4 Å². The average Bonchev–Trinajstić information content (AvgIpc) is 2.43. The van der Waals surface area contributed by atoms with Gasteiger partial charge in [0.15, 0.2) is 0 Å². The number of amides is 1. The van der Waals surface area contributed by atoms with Crippen LogP contribution in [0.1, 0.15) is 57.9 Å². The fraction of sp³-hybridized carbons (Fsp3) is 0.667. The van der Waals surface area contributed by atoms with Gasteiger partial charge in [-0.3, -0.25) is 0 Å². The number of halogens is 1. The topological polar surface area (TPSA) is 95.3 Å². The second-order valence-corrected chi connectivity index (χ2v) is 6.50. The molecule has 1 aromatic rings. The van der Waals surface area contributed by atoms with Gasteiger partial charge in [-0.05, 0) is 55.7 Å². The smallest absolute Gasteiger partial charge is 0.405 e. The van der Waals surface area contributed by atoms with Crippen molar-refractivity contribution in [2.75, 3.05) is 0 Å². The average molecular weight is 330 g/mol. The second kappa shape index (κ2) is 8.29. The van der Waals surface area contributed by atoms with Crippen molar-refractivity contribution in [1.29, 1.82) is 0 Å². The molecule has 1 aliphatic rings. The first-order valence-electron chi connectivity index (χ1n) is 7.38. The van der Waals surface area contributed by atoms with Crippen LogP contribution in [0.2, 0.25) is 5.28 Å². The molecule has 1 saturated carbocycles. The van der Waals surface area contributed by atoms with Crippen LogP contribution in [0.25, 0.3) is 0 Å². The van der Waals surface area contributed by atoms with Crippen molar-refractivity contribution in [1.82, 2.24) is 15.3 Å². The molecule has 0 saturated heterocycles. The van der Waals surface area contributed by atoms with E-state index in [0.717, 1.165) is 18.4 Å². The van der Waals surface area contributed by atoms with E-state index in [1.165, 1.54) is 0 Å². The number of hydrogen-bond acceptors (Lipinski definition) is 4. The quantitative estimate of drug-likeness (QED) is 0.724. The van der Waals surface area contributed by atoms with E-state index in [-0.39, 0.29) is 11.6 Å². The van der Waals surface area contributed by atoms with Gasteiger partial charge in [0, 0.05) is 17.9 Å². The highest BCUT2D eigenvalue weighted by molar-refractivity contribution is 6.28. The van der Waals surface area contributed by atoms with Crippen LogP contribution in [-0.4, -0.2) is 37.9 Å². The molecular formula is C15H24ClN3O3. The Balaban J connectivity index is 0.000000224. The van der Waals surface area contributed by atoms with E-state index < -0.39 is 6.09 Å². The highest BCUT2D eigenvalue weighted by atomic mass is 35.5. The molecule has 0 bridgehead atoms. The minimum Gasteiger partial charge on any atom is -0.465 e. The van der Waals surface area contributed by atoms with Gasteiger partial charge in [0.2, 0.25) is 5.28 Å². The lowest BCUT2D eigenvalue weighted by Gasteiger charge is -2.35. The van der Waals surface area contributed by atoms with E-state index in [0.29, 0.717) is 24.0 Å². The molecule has 1 amide bonds. The number of rotatable bonds is 2. The summed E-state index contributed by atoms with van der Waals surface area (Å²) in [7, 11) is 0. The maximum atomic E-state index is 10.4. The Bertz CT molecular complexity index is 471. The number of nitrogens with one attached hydrogen (secondary N) is 1. The number of aliphatic hydroxyl groups is 1. The number of aromatic nitrogens is 2. The molecule has 2 rings (SSSR count). The van der Waals surface area contributed by atoms with E-state index in [4.69, 9.17) is 16.7 Å². The van der Waals surface area contributed by atoms with Gasteiger partial charge >= 0.3 is 6.09 Å². The fourth-order valence-corrected chi connectivity index (χ4v) is 2.34. The molecule has 1 aromatic heterocycles. The van der Waals surface area contributed by atoms with Crippen LogP contribution < -0.4 is 5.32 Å². The summed E-state index contributed by atoms with van der Waals surface area (Å²) >= 11 is 5.49. The third kappa shape index (κ3) is 6.58. The molecule has 1 heterocycles. The first-order chi connectivity index (χ1) is 10.2. The summed E-state index contributed by atoms with van der Waals surface area (Å²) < 4.78 is 0. The van der Waals surface area contributed by atoms with E-state index >= 15 is 0 Å². The molecular weight excluding hydrogens is 306 g/mol. The predicted molar refractivity (Wildman–Crippen MR) is 85.2 cm³/mol. The monoisotopic (exact) mass is 329 g/mol. The second-order valence-electron chi connectivity index (χ2n) is 6.16. The van der Waals surface area contributed by atoms with Gasteiger partial charge in [0.1, 0.15) is 0 Å². The molecule has 6 nitrogen and oxygen atoms in total. The molecule has 0 aromatic carbocycles. The lowest BCUT2D eigenvalue weighted by Crippen LogP contribution is -2.48. The van der Waals surface area contributed by atoms with Gasteiger partial charge in [0.05, 0.1) is 6.10 Å². The Morgan fingerprint density at radius 2 is 1.86 bits per heavy atom. The van der Waals surface area contributed by atoms with Crippen LogP contribution in [0.4, 0.5) is 4.79 Å². The summed E-state index contributed by atoms with van der Waals surface area (Å²) in [4.78, 5) is 18.1. The Morgan fingerprint density at radius 3 is 2.27 bits per heavy atom. The molecule has 0 radical (unpaired) electrons. The number of carbonyl (C=O) groups is 1. The van der Waals surface area contributed by atoms with Crippen molar-refractivity contribution in [2.45, 2.75) is 64.0 Å². The molecule has 0 aliphatic heterocycles. The zero-order valence-electron chi connectivity index (χ0n) is 13.2. The van der Waals surface area contributed by atoms with Crippen molar-refractivity contribution < 1.29 is 15.0 Å². The van der Waals surface area contributed by atoms with Crippen LogP contribution in [-0.2, 0) is 0 Å². The molecule has 22 heavy (non-hydrogen) atoms. The van der Waals surface area contributed by atoms with Crippen LogP contribution in [0.5, 0.6) is 0 Å². The summed E-state index contributed by atoms with van der Waals surface area (Å²) in [6.07, 6.45) is 5.11. The Kier molecular flexibility index (Phi) is 7.03. The molecule has 1 aliphatic carbocycles. The standard InChI is InChI=1S/C8H15NO3.C7H9ClN2/c1-8(9-7(11)12)4-2-6(10)3-5-8;1-5(2)6-3-9-7(8)10-4-6/h6,9-10H,2-5H2,1H3,(H,11,12);3-5H,1-2H3. The van der Waals surface area contributed by atoms with E-state index in [2.05, 4.69) is 29.1 Å². The maximum Gasteiger partial charge on any atom is 0.405 e. The van der Waals surface area contributed by atoms with Gasteiger partial charge in [-0.2, -0.15) is 0 Å². The third-order valence-corrected chi connectivity index (χ3v) is 3.97. The van der Waals surface area contributed by atoms with E-state index in [1.807, 2.05) is 6.92 Å². The first-order valence-corrected chi connectivity index (χ1v) is 7.76. The Hall–Kier alpha value is -1.40. The summed E-state index contributed by atoms with van der Waals surface area (Å²) in [5, 5.41) is 20.5. The van der Waals surface area contributed by atoms with Gasteiger partial charge in [-0.25, -0.2) is 14.8 Å².